The first kappa shape index (κ1) is 14.9. The Balaban J connectivity index is 2.73. The minimum Gasteiger partial charge on any atom is -0.379 e. The number of hydrogen-bond acceptors (Lipinski definition) is 3. The maximum atomic E-state index is 5.80. The summed E-state index contributed by atoms with van der Waals surface area (Å²) in [7, 11) is 1.80. The zero-order valence-corrected chi connectivity index (χ0v) is 12.0. The Kier molecular flexibility index (Phi) is 5.90. The maximum Gasteiger partial charge on any atom is 0.0788 e. The molecule has 102 valence electrons. The summed E-state index contributed by atoms with van der Waals surface area (Å²) in [6, 6.07) is 0.276. The lowest BCUT2D eigenvalue weighted by Gasteiger charge is -2.39. The van der Waals surface area contributed by atoms with Crippen LogP contribution >= 0.6 is 0 Å². The minimum absolute atomic E-state index is 0.123. The summed E-state index contributed by atoms with van der Waals surface area (Å²) in [5.74, 6) is 6.46. The van der Waals surface area contributed by atoms with Gasteiger partial charge in [-0.3, -0.25) is 11.3 Å². The Labute approximate surface area is 106 Å². The lowest BCUT2D eigenvalue weighted by molar-refractivity contribution is -0.0284. The van der Waals surface area contributed by atoms with Gasteiger partial charge in [-0.1, -0.05) is 46.5 Å². The average Bonchev–Trinajstić information content (AvgIpc) is 2.52. The molecule has 0 radical (unpaired) electrons. The Morgan fingerprint density at radius 2 is 1.65 bits per heavy atom. The molecule has 3 nitrogen and oxygen atoms in total. The van der Waals surface area contributed by atoms with Crippen molar-refractivity contribution in [2.24, 2.45) is 17.2 Å². The fourth-order valence-electron chi connectivity index (χ4n) is 3.18. The summed E-state index contributed by atoms with van der Waals surface area (Å²) < 4.78 is 5.72. The summed E-state index contributed by atoms with van der Waals surface area (Å²) in [4.78, 5) is 0. The van der Waals surface area contributed by atoms with Gasteiger partial charge in [0.2, 0.25) is 0 Å². The topological polar surface area (TPSA) is 47.3 Å². The van der Waals surface area contributed by atoms with Gasteiger partial charge in [0.05, 0.1) is 12.1 Å². The molecule has 17 heavy (non-hydrogen) atoms. The summed E-state index contributed by atoms with van der Waals surface area (Å²) in [6.45, 7) is 6.67. The molecule has 0 amide bonds. The second-order valence-corrected chi connectivity index (χ2v) is 6.47. The SMILES string of the molecule is COC(C(NN)C1CCCCCC1)C(C)(C)C. The van der Waals surface area contributed by atoms with Crippen molar-refractivity contribution >= 4 is 0 Å². The van der Waals surface area contributed by atoms with E-state index in [2.05, 4.69) is 26.2 Å². The van der Waals surface area contributed by atoms with E-state index in [0.717, 1.165) is 0 Å². The first-order valence-electron chi connectivity index (χ1n) is 6.99. The van der Waals surface area contributed by atoms with Crippen LogP contribution in [0.4, 0.5) is 0 Å². The Morgan fingerprint density at radius 3 is 2.00 bits per heavy atom. The van der Waals surface area contributed by atoms with E-state index < -0.39 is 0 Å². The zero-order valence-electron chi connectivity index (χ0n) is 12.0. The van der Waals surface area contributed by atoms with Crippen molar-refractivity contribution in [1.29, 1.82) is 0 Å². The number of nitrogens with two attached hydrogens (primary N) is 1. The largest absolute Gasteiger partial charge is 0.379 e. The van der Waals surface area contributed by atoms with Gasteiger partial charge in [-0.25, -0.2) is 0 Å². The van der Waals surface area contributed by atoms with Gasteiger partial charge in [0.15, 0.2) is 0 Å². The predicted octanol–water partition coefficient (Wildman–Crippen LogP) is 2.85. The predicted molar refractivity (Wildman–Crippen MR) is 72.6 cm³/mol. The van der Waals surface area contributed by atoms with Crippen LogP contribution in [0.25, 0.3) is 0 Å². The quantitative estimate of drug-likeness (QED) is 0.453. The fraction of sp³-hybridized carbons (Fsp3) is 1.00. The standard InChI is InChI=1S/C14H30N2O/c1-14(2,3)13(17-4)12(16-15)11-9-7-5-6-8-10-11/h11-13,16H,5-10,15H2,1-4H3. The third-order valence-electron chi connectivity index (χ3n) is 4.03. The van der Waals surface area contributed by atoms with Gasteiger partial charge >= 0.3 is 0 Å². The van der Waals surface area contributed by atoms with Crippen LogP contribution in [-0.2, 0) is 4.74 Å². The van der Waals surface area contributed by atoms with Crippen LogP contribution in [0.3, 0.4) is 0 Å². The molecule has 0 saturated heterocycles. The number of ether oxygens (including phenoxy) is 1. The third-order valence-corrected chi connectivity index (χ3v) is 4.03. The lowest BCUT2D eigenvalue weighted by Crippen LogP contribution is -2.54. The normalized spacial score (nSPS) is 23.1. The maximum absolute atomic E-state index is 5.80. The summed E-state index contributed by atoms with van der Waals surface area (Å²) >= 11 is 0. The lowest BCUT2D eigenvalue weighted by atomic mass is 9.78. The second-order valence-electron chi connectivity index (χ2n) is 6.47. The van der Waals surface area contributed by atoms with Crippen molar-refractivity contribution in [2.75, 3.05) is 7.11 Å². The van der Waals surface area contributed by atoms with Gasteiger partial charge in [0.25, 0.3) is 0 Å². The second kappa shape index (κ2) is 6.72. The molecule has 1 aliphatic rings. The van der Waals surface area contributed by atoms with Crippen LogP contribution in [0.5, 0.6) is 0 Å². The Morgan fingerprint density at radius 1 is 1.12 bits per heavy atom. The zero-order chi connectivity index (χ0) is 12.9. The third kappa shape index (κ3) is 4.23. The van der Waals surface area contributed by atoms with E-state index in [1.807, 2.05) is 0 Å². The molecule has 2 unspecified atom stereocenters. The van der Waals surface area contributed by atoms with Crippen molar-refractivity contribution in [3.63, 3.8) is 0 Å². The summed E-state index contributed by atoms with van der Waals surface area (Å²) in [5.41, 5.74) is 3.16. The molecule has 0 aliphatic heterocycles. The number of nitrogens with one attached hydrogen (secondary N) is 1. The first-order valence-corrected chi connectivity index (χ1v) is 6.99. The molecule has 3 heteroatoms. The molecule has 1 saturated carbocycles. The van der Waals surface area contributed by atoms with Gasteiger partial charge in [-0.05, 0) is 24.2 Å². The van der Waals surface area contributed by atoms with Crippen molar-refractivity contribution in [3.8, 4) is 0 Å². The number of hydrogen-bond donors (Lipinski definition) is 2. The highest BCUT2D eigenvalue weighted by Crippen LogP contribution is 2.33. The van der Waals surface area contributed by atoms with Crippen LogP contribution in [-0.4, -0.2) is 19.3 Å². The highest BCUT2D eigenvalue weighted by Gasteiger charge is 2.36. The van der Waals surface area contributed by atoms with Crippen molar-refractivity contribution in [3.05, 3.63) is 0 Å². The molecule has 0 bridgehead atoms. The van der Waals surface area contributed by atoms with Gasteiger partial charge in [-0.15, -0.1) is 0 Å². The van der Waals surface area contributed by atoms with Crippen molar-refractivity contribution in [2.45, 2.75) is 71.4 Å². The molecular formula is C14H30N2O. The molecule has 1 rings (SSSR count). The van der Waals surface area contributed by atoms with E-state index in [1.165, 1.54) is 38.5 Å². The number of hydrazine groups is 1. The van der Waals surface area contributed by atoms with Crippen molar-refractivity contribution < 1.29 is 4.74 Å². The van der Waals surface area contributed by atoms with Crippen LogP contribution in [0.15, 0.2) is 0 Å². The van der Waals surface area contributed by atoms with Crippen LogP contribution in [0.1, 0.15) is 59.3 Å². The molecule has 1 aliphatic carbocycles. The van der Waals surface area contributed by atoms with Crippen LogP contribution < -0.4 is 11.3 Å². The molecule has 3 N–H and O–H groups in total. The molecule has 0 aromatic rings. The molecule has 1 fully saturated rings. The van der Waals surface area contributed by atoms with E-state index in [-0.39, 0.29) is 17.6 Å². The molecule has 0 aromatic heterocycles. The van der Waals surface area contributed by atoms with Crippen LogP contribution in [0.2, 0.25) is 0 Å². The summed E-state index contributed by atoms with van der Waals surface area (Å²) in [5, 5.41) is 0. The molecule has 0 spiro atoms. The monoisotopic (exact) mass is 242 g/mol. The van der Waals surface area contributed by atoms with Crippen LogP contribution in [0, 0.1) is 11.3 Å². The smallest absolute Gasteiger partial charge is 0.0788 e. The fourth-order valence-corrected chi connectivity index (χ4v) is 3.18. The highest BCUT2D eigenvalue weighted by atomic mass is 16.5. The Bertz CT molecular complexity index is 205. The molecular weight excluding hydrogens is 212 g/mol. The molecule has 0 heterocycles. The van der Waals surface area contributed by atoms with E-state index >= 15 is 0 Å². The van der Waals surface area contributed by atoms with Crippen molar-refractivity contribution in [1.82, 2.24) is 5.43 Å². The highest BCUT2D eigenvalue weighted by molar-refractivity contribution is 4.90. The van der Waals surface area contributed by atoms with Gasteiger partial charge < -0.3 is 4.74 Å². The molecule has 2 atom stereocenters. The van der Waals surface area contributed by atoms with E-state index in [4.69, 9.17) is 10.6 Å². The Hall–Kier alpha value is -0.120. The van der Waals surface area contributed by atoms with E-state index in [9.17, 15) is 0 Å². The van der Waals surface area contributed by atoms with Gasteiger partial charge in [-0.2, -0.15) is 0 Å². The number of methoxy groups -OCH3 is 1. The van der Waals surface area contributed by atoms with Gasteiger partial charge in [0, 0.05) is 7.11 Å². The summed E-state index contributed by atoms with van der Waals surface area (Å²) in [6.07, 6.45) is 8.17. The van der Waals surface area contributed by atoms with E-state index in [1.54, 1.807) is 7.11 Å². The minimum atomic E-state index is 0.123. The average molecular weight is 242 g/mol. The van der Waals surface area contributed by atoms with Gasteiger partial charge in [0.1, 0.15) is 0 Å². The number of rotatable bonds is 4. The first-order chi connectivity index (χ1) is 8.00. The van der Waals surface area contributed by atoms with E-state index in [0.29, 0.717) is 5.92 Å². The molecule has 0 aromatic carbocycles.